The van der Waals surface area contributed by atoms with Gasteiger partial charge in [-0.05, 0) is 38.1 Å². The van der Waals surface area contributed by atoms with Crippen LogP contribution in [-0.2, 0) is 16.8 Å². The van der Waals surface area contributed by atoms with Gasteiger partial charge in [0.1, 0.15) is 0 Å². The second-order valence-electron chi connectivity index (χ2n) is 5.88. The predicted octanol–water partition coefficient (Wildman–Crippen LogP) is 3.03. The molecule has 0 spiro atoms. The van der Waals surface area contributed by atoms with Crippen molar-refractivity contribution in [2.24, 2.45) is 0 Å². The van der Waals surface area contributed by atoms with Gasteiger partial charge in [-0.3, -0.25) is 4.79 Å². The lowest BCUT2D eigenvalue weighted by Gasteiger charge is -2.33. The summed E-state index contributed by atoms with van der Waals surface area (Å²) in [7, 11) is 4.07. The first-order chi connectivity index (χ1) is 9.04. The molecule has 1 aromatic rings. The van der Waals surface area contributed by atoms with Crippen LogP contribution in [0.2, 0.25) is 0 Å². The minimum atomic E-state index is -0.660. The molecule has 0 aromatic heterocycles. The highest BCUT2D eigenvalue weighted by Gasteiger charge is 2.41. The van der Waals surface area contributed by atoms with Gasteiger partial charge in [0.2, 0.25) is 0 Å². The molecule has 0 aliphatic heterocycles. The van der Waals surface area contributed by atoms with Crippen molar-refractivity contribution in [3.8, 4) is 0 Å². The van der Waals surface area contributed by atoms with E-state index in [9.17, 15) is 9.90 Å². The normalized spacial score (nSPS) is 18.5. The number of hydrogen-bond acceptors (Lipinski definition) is 2. The van der Waals surface area contributed by atoms with Gasteiger partial charge in [-0.15, -0.1) is 0 Å². The Bertz CT molecular complexity index is 431. The smallest absolute Gasteiger partial charge is 0.314 e. The van der Waals surface area contributed by atoms with E-state index in [-0.39, 0.29) is 0 Å². The number of carboxylic acid groups (broad SMARTS) is 1. The molecule has 0 unspecified atom stereocenters. The third kappa shape index (κ3) is 2.98. The maximum atomic E-state index is 11.7. The molecule has 19 heavy (non-hydrogen) atoms. The Balaban J connectivity index is 2.25. The fraction of sp³-hybridized carbons (Fsp3) is 0.562. The summed E-state index contributed by atoms with van der Waals surface area (Å²) in [6, 6.07) is 8.15. The molecule has 1 fully saturated rings. The third-order valence-corrected chi connectivity index (χ3v) is 4.12. The highest BCUT2D eigenvalue weighted by Crippen LogP contribution is 2.39. The Kier molecular flexibility index (Phi) is 4.25. The molecule has 0 saturated heterocycles. The summed E-state index contributed by atoms with van der Waals surface area (Å²) in [6.07, 6.45) is 4.75. The monoisotopic (exact) mass is 261 g/mol. The Hall–Kier alpha value is -1.35. The van der Waals surface area contributed by atoms with E-state index in [1.54, 1.807) is 0 Å². The fourth-order valence-electron chi connectivity index (χ4n) is 3.08. The molecule has 0 atom stereocenters. The van der Waals surface area contributed by atoms with Crippen LogP contribution < -0.4 is 0 Å². The van der Waals surface area contributed by atoms with Crippen LogP contribution in [0.25, 0.3) is 0 Å². The van der Waals surface area contributed by atoms with Crippen LogP contribution in [0.1, 0.15) is 43.2 Å². The zero-order chi connectivity index (χ0) is 13.9. The maximum absolute atomic E-state index is 11.7. The molecule has 1 aliphatic rings. The van der Waals surface area contributed by atoms with Gasteiger partial charge in [-0.2, -0.15) is 0 Å². The minimum absolute atomic E-state index is 0.644. The number of rotatable bonds is 4. The van der Waals surface area contributed by atoms with Crippen molar-refractivity contribution < 1.29 is 9.90 Å². The van der Waals surface area contributed by atoms with Crippen LogP contribution in [0, 0.1) is 0 Å². The number of hydrogen-bond donors (Lipinski definition) is 1. The topological polar surface area (TPSA) is 40.5 Å². The van der Waals surface area contributed by atoms with Gasteiger partial charge in [0.25, 0.3) is 0 Å². The molecule has 1 aliphatic carbocycles. The van der Waals surface area contributed by atoms with Crippen molar-refractivity contribution >= 4 is 5.97 Å². The summed E-state index contributed by atoms with van der Waals surface area (Å²) in [5, 5.41) is 9.65. The van der Waals surface area contributed by atoms with Gasteiger partial charge in [-0.1, -0.05) is 43.5 Å². The minimum Gasteiger partial charge on any atom is -0.481 e. The van der Waals surface area contributed by atoms with E-state index in [2.05, 4.69) is 17.0 Å². The largest absolute Gasteiger partial charge is 0.481 e. The molecular formula is C16H23NO2. The average Bonchev–Trinajstić information content (AvgIpc) is 2.39. The second-order valence-corrected chi connectivity index (χ2v) is 5.88. The number of aliphatic carboxylic acids is 1. The average molecular weight is 261 g/mol. The molecule has 0 heterocycles. The molecule has 104 valence electrons. The molecule has 0 bridgehead atoms. The summed E-state index contributed by atoms with van der Waals surface area (Å²) in [5.41, 5.74) is 1.56. The first-order valence-corrected chi connectivity index (χ1v) is 7.02. The number of nitrogens with zero attached hydrogens (tertiary/aromatic N) is 1. The molecule has 3 nitrogen and oxygen atoms in total. The van der Waals surface area contributed by atoms with Crippen molar-refractivity contribution in [3.05, 3.63) is 35.4 Å². The lowest BCUT2D eigenvalue weighted by Crippen LogP contribution is -2.37. The van der Waals surface area contributed by atoms with Gasteiger partial charge in [0, 0.05) is 6.54 Å². The van der Waals surface area contributed by atoms with Crippen molar-refractivity contribution in [2.75, 3.05) is 14.1 Å². The third-order valence-electron chi connectivity index (χ3n) is 4.12. The molecule has 2 rings (SSSR count). The summed E-state index contributed by atoms with van der Waals surface area (Å²) in [6.45, 7) is 0.889. The summed E-state index contributed by atoms with van der Waals surface area (Å²) >= 11 is 0. The van der Waals surface area contributed by atoms with Crippen LogP contribution in [0.5, 0.6) is 0 Å². The van der Waals surface area contributed by atoms with Gasteiger partial charge in [0.15, 0.2) is 0 Å². The highest BCUT2D eigenvalue weighted by molar-refractivity contribution is 5.81. The van der Waals surface area contributed by atoms with E-state index in [1.165, 1.54) is 5.56 Å². The van der Waals surface area contributed by atoms with Crippen LogP contribution >= 0.6 is 0 Å². The quantitative estimate of drug-likeness (QED) is 0.905. The van der Waals surface area contributed by atoms with E-state index in [1.807, 2.05) is 26.2 Å². The van der Waals surface area contributed by atoms with Crippen molar-refractivity contribution in [1.29, 1.82) is 0 Å². The van der Waals surface area contributed by atoms with Gasteiger partial charge in [0.05, 0.1) is 5.41 Å². The predicted molar refractivity (Wildman–Crippen MR) is 76.2 cm³/mol. The Labute approximate surface area is 115 Å². The van der Waals surface area contributed by atoms with E-state index in [4.69, 9.17) is 0 Å². The Morgan fingerprint density at radius 1 is 1.16 bits per heavy atom. The fourth-order valence-corrected chi connectivity index (χ4v) is 3.08. The number of benzene rings is 1. The lowest BCUT2D eigenvalue weighted by atomic mass is 9.69. The molecule has 1 aromatic carbocycles. The first kappa shape index (κ1) is 14.1. The van der Waals surface area contributed by atoms with E-state index >= 15 is 0 Å². The van der Waals surface area contributed by atoms with Gasteiger partial charge >= 0.3 is 5.97 Å². The van der Waals surface area contributed by atoms with Crippen molar-refractivity contribution in [2.45, 2.75) is 44.1 Å². The lowest BCUT2D eigenvalue weighted by molar-refractivity contribution is -0.145. The molecule has 1 N–H and O–H groups in total. The van der Waals surface area contributed by atoms with Crippen LogP contribution in [0.3, 0.4) is 0 Å². The van der Waals surface area contributed by atoms with Crippen molar-refractivity contribution in [1.82, 2.24) is 4.90 Å². The molecular weight excluding hydrogens is 238 g/mol. The summed E-state index contributed by atoms with van der Waals surface area (Å²) in [4.78, 5) is 13.8. The number of carbonyl (C=O) groups is 1. The van der Waals surface area contributed by atoms with Crippen LogP contribution in [-0.4, -0.2) is 30.1 Å². The van der Waals surface area contributed by atoms with E-state index in [0.29, 0.717) is 0 Å². The van der Waals surface area contributed by atoms with Crippen LogP contribution in [0.15, 0.2) is 24.3 Å². The van der Waals surface area contributed by atoms with E-state index in [0.717, 1.165) is 44.2 Å². The molecule has 1 saturated carbocycles. The number of carboxylic acids is 1. The second kappa shape index (κ2) is 5.74. The summed E-state index contributed by atoms with van der Waals surface area (Å²) < 4.78 is 0. The SMILES string of the molecule is CN(C)Cc1ccc(C2(C(=O)O)CCCCC2)cc1. The van der Waals surface area contributed by atoms with Gasteiger partial charge in [-0.25, -0.2) is 0 Å². The molecule has 0 radical (unpaired) electrons. The summed E-state index contributed by atoms with van der Waals surface area (Å²) in [5.74, 6) is -0.660. The van der Waals surface area contributed by atoms with E-state index < -0.39 is 11.4 Å². The Morgan fingerprint density at radius 2 is 1.74 bits per heavy atom. The van der Waals surface area contributed by atoms with Crippen molar-refractivity contribution in [3.63, 3.8) is 0 Å². The molecule has 3 heteroatoms. The van der Waals surface area contributed by atoms with Gasteiger partial charge < -0.3 is 10.0 Å². The molecule has 0 amide bonds. The highest BCUT2D eigenvalue weighted by atomic mass is 16.4. The zero-order valence-corrected chi connectivity index (χ0v) is 11.9. The zero-order valence-electron chi connectivity index (χ0n) is 11.9. The first-order valence-electron chi connectivity index (χ1n) is 7.02. The van der Waals surface area contributed by atoms with Crippen LogP contribution in [0.4, 0.5) is 0 Å². The Morgan fingerprint density at radius 3 is 2.21 bits per heavy atom. The maximum Gasteiger partial charge on any atom is 0.314 e. The standard InChI is InChI=1S/C16H23NO2/c1-17(2)12-13-6-8-14(9-7-13)16(15(18)19)10-4-3-5-11-16/h6-9H,3-5,10-12H2,1-2H3,(H,18,19).